The minimum atomic E-state index is -0.436. The number of hydrogen-bond acceptors (Lipinski definition) is 5. The topological polar surface area (TPSA) is 96.4 Å². The first kappa shape index (κ1) is 14.9. The highest BCUT2D eigenvalue weighted by Crippen LogP contribution is 2.09. The maximum atomic E-state index is 13.5. The molecule has 0 spiro atoms. The molecule has 0 atom stereocenters. The van der Waals surface area contributed by atoms with Gasteiger partial charge < -0.3 is 16.3 Å². The van der Waals surface area contributed by atoms with Crippen molar-refractivity contribution in [1.29, 1.82) is 0 Å². The lowest BCUT2D eigenvalue weighted by Crippen LogP contribution is -2.17. The number of hydrogen-bond donors (Lipinski definition) is 3. The third-order valence-electron chi connectivity index (χ3n) is 2.83. The summed E-state index contributed by atoms with van der Waals surface area (Å²) in [7, 11) is 0. The number of rotatable bonds is 5. The average molecular weight is 289 g/mol. The molecule has 6 nitrogen and oxygen atoms in total. The Hall–Kier alpha value is -2.54. The number of nitrogens with zero attached hydrogens (tertiary/aromatic N) is 3. The molecule has 2 rings (SSSR count). The van der Waals surface area contributed by atoms with E-state index < -0.39 is 5.82 Å². The van der Waals surface area contributed by atoms with Crippen molar-refractivity contribution in [3.63, 3.8) is 0 Å². The molecule has 0 fully saturated rings. The van der Waals surface area contributed by atoms with Crippen molar-refractivity contribution in [2.75, 3.05) is 0 Å². The second-order valence-corrected chi connectivity index (χ2v) is 4.53. The van der Waals surface area contributed by atoms with Crippen LogP contribution < -0.4 is 11.1 Å². The normalized spacial score (nSPS) is 11.6. The Morgan fingerprint density at radius 1 is 1.38 bits per heavy atom. The molecule has 0 amide bonds. The molecule has 0 saturated carbocycles. The molecule has 2 aromatic rings. The maximum absolute atomic E-state index is 13.5. The molecule has 1 aromatic heterocycles. The summed E-state index contributed by atoms with van der Waals surface area (Å²) in [6.45, 7) is 2.80. The van der Waals surface area contributed by atoms with Crippen molar-refractivity contribution in [2.45, 2.75) is 20.0 Å². The van der Waals surface area contributed by atoms with Crippen molar-refractivity contribution < 1.29 is 9.60 Å². The maximum Gasteiger partial charge on any atom is 0.170 e. The van der Waals surface area contributed by atoms with Gasteiger partial charge in [0, 0.05) is 24.8 Å². The second-order valence-electron chi connectivity index (χ2n) is 4.53. The van der Waals surface area contributed by atoms with E-state index in [1.807, 2.05) is 13.0 Å². The Bertz CT molecular complexity index is 660. The number of nitrogens with one attached hydrogen (secondary N) is 1. The van der Waals surface area contributed by atoms with E-state index in [4.69, 9.17) is 10.9 Å². The van der Waals surface area contributed by atoms with Gasteiger partial charge in [-0.2, -0.15) is 0 Å². The Kier molecular flexibility index (Phi) is 4.78. The van der Waals surface area contributed by atoms with Crippen LogP contribution in [0.5, 0.6) is 0 Å². The monoisotopic (exact) mass is 289 g/mol. The van der Waals surface area contributed by atoms with E-state index in [-0.39, 0.29) is 5.84 Å². The van der Waals surface area contributed by atoms with Crippen molar-refractivity contribution in [3.8, 4) is 0 Å². The number of nitrogens with two attached hydrogens (primary N) is 1. The largest absolute Gasteiger partial charge is 0.409 e. The van der Waals surface area contributed by atoms with Crippen molar-refractivity contribution in [3.05, 3.63) is 58.9 Å². The van der Waals surface area contributed by atoms with Crippen LogP contribution in [0, 0.1) is 12.7 Å². The molecule has 1 aromatic carbocycles. The van der Waals surface area contributed by atoms with Crippen LogP contribution >= 0.6 is 0 Å². The summed E-state index contributed by atoms with van der Waals surface area (Å²) in [6, 6.07) is 6.09. The van der Waals surface area contributed by atoms with Gasteiger partial charge in [0.15, 0.2) is 5.84 Å². The zero-order valence-electron chi connectivity index (χ0n) is 11.5. The fourth-order valence-electron chi connectivity index (χ4n) is 1.90. The van der Waals surface area contributed by atoms with Crippen LogP contribution in [0.3, 0.4) is 0 Å². The molecule has 4 N–H and O–H groups in total. The summed E-state index contributed by atoms with van der Waals surface area (Å²) < 4.78 is 13.5. The van der Waals surface area contributed by atoms with Gasteiger partial charge in [-0.15, -0.1) is 0 Å². The molecule has 7 heteroatoms. The molecule has 1 heterocycles. The molecule has 0 bridgehead atoms. The number of aromatic nitrogens is 2. The molecule has 0 unspecified atom stereocenters. The Balaban J connectivity index is 2.01. The van der Waals surface area contributed by atoms with Crippen LogP contribution in [0.4, 0.5) is 4.39 Å². The zero-order valence-corrected chi connectivity index (χ0v) is 11.5. The zero-order chi connectivity index (χ0) is 15.2. The smallest absolute Gasteiger partial charge is 0.170 e. The number of benzene rings is 1. The van der Waals surface area contributed by atoms with Gasteiger partial charge in [-0.05, 0) is 36.8 Å². The predicted octanol–water partition coefficient (Wildman–Crippen LogP) is 1.31. The molecule has 21 heavy (non-hydrogen) atoms. The Morgan fingerprint density at radius 3 is 2.90 bits per heavy atom. The average Bonchev–Trinajstić information content (AvgIpc) is 2.46. The van der Waals surface area contributed by atoms with Gasteiger partial charge in [0.2, 0.25) is 0 Å². The fraction of sp³-hybridized carbons (Fsp3) is 0.214. The van der Waals surface area contributed by atoms with E-state index in [2.05, 4.69) is 20.4 Å². The lowest BCUT2D eigenvalue weighted by atomic mass is 10.1. The summed E-state index contributed by atoms with van der Waals surface area (Å²) in [5.74, 6) is 0.144. The first-order valence-corrected chi connectivity index (χ1v) is 6.35. The van der Waals surface area contributed by atoms with Crippen LogP contribution in [0.1, 0.15) is 22.6 Å². The lowest BCUT2D eigenvalue weighted by molar-refractivity contribution is 0.318. The quantitative estimate of drug-likeness (QED) is 0.334. The Morgan fingerprint density at radius 2 is 2.19 bits per heavy atom. The van der Waals surface area contributed by atoms with Gasteiger partial charge in [-0.25, -0.2) is 14.4 Å². The third-order valence-corrected chi connectivity index (χ3v) is 2.83. The summed E-state index contributed by atoms with van der Waals surface area (Å²) >= 11 is 0. The first-order valence-electron chi connectivity index (χ1n) is 6.35. The van der Waals surface area contributed by atoms with E-state index in [1.54, 1.807) is 12.3 Å². The van der Waals surface area contributed by atoms with E-state index in [1.165, 1.54) is 12.1 Å². The minimum absolute atomic E-state index is 0.123. The number of halogens is 1. The van der Waals surface area contributed by atoms with Crippen molar-refractivity contribution in [1.82, 2.24) is 15.3 Å². The number of amidine groups is 1. The van der Waals surface area contributed by atoms with Gasteiger partial charge in [0.05, 0.1) is 5.69 Å². The van der Waals surface area contributed by atoms with E-state index in [9.17, 15) is 4.39 Å². The van der Waals surface area contributed by atoms with Crippen LogP contribution in [0.15, 0.2) is 35.6 Å². The third kappa shape index (κ3) is 4.22. The summed E-state index contributed by atoms with van der Waals surface area (Å²) in [5.41, 5.74) is 7.36. The summed E-state index contributed by atoms with van der Waals surface area (Å²) in [5, 5.41) is 14.7. The van der Waals surface area contributed by atoms with Crippen LogP contribution in [0.2, 0.25) is 0 Å². The van der Waals surface area contributed by atoms with Gasteiger partial charge >= 0.3 is 0 Å². The van der Waals surface area contributed by atoms with Gasteiger partial charge in [0.25, 0.3) is 0 Å². The molecule has 0 aliphatic rings. The van der Waals surface area contributed by atoms with Crippen LogP contribution in [-0.4, -0.2) is 21.0 Å². The SMILES string of the molecule is Cc1nccc(CNCc2cc(F)cc(/C(N)=N/O)c2)n1. The molecule has 0 radical (unpaired) electrons. The summed E-state index contributed by atoms with van der Waals surface area (Å²) in [4.78, 5) is 8.28. The second kappa shape index (κ2) is 6.76. The molecule has 0 aliphatic heterocycles. The van der Waals surface area contributed by atoms with Gasteiger partial charge in [-0.3, -0.25) is 0 Å². The number of aryl methyl sites for hydroxylation is 1. The van der Waals surface area contributed by atoms with E-state index in [0.29, 0.717) is 30.0 Å². The molecule has 110 valence electrons. The van der Waals surface area contributed by atoms with Gasteiger partial charge in [-0.1, -0.05) is 5.16 Å². The first-order chi connectivity index (χ1) is 10.1. The Labute approximate surface area is 121 Å². The highest BCUT2D eigenvalue weighted by Gasteiger charge is 2.05. The van der Waals surface area contributed by atoms with E-state index in [0.717, 1.165) is 5.69 Å². The number of oxime groups is 1. The summed E-state index contributed by atoms with van der Waals surface area (Å²) in [6.07, 6.45) is 1.69. The van der Waals surface area contributed by atoms with Gasteiger partial charge in [0.1, 0.15) is 11.6 Å². The standard InChI is InChI=1S/C14H16FN5O/c1-9-18-3-2-13(19-9)8-17-7-10-4-11(14(16)20-21)6-12(15)5-10/h2-6,17,21H,7-8H2,1H3,(H2,16,20). The predicted molar refractivity (Wildman–Crippen MR) is 76.2 cm³/mol. The van der Waals surface area contributed by atoms with Crippen LogP contribution in [0.25, 0.3) is 0 Å². The highest BCUT2D eigenvalue weighted by molar-refractivity contribution is 5.97. The molecule has 0 aliphatic carbocycles. The van der Waals surface area contributed by atoms with Crippen molar-refractivity contribution in [2.24, 2.45) is 10.9 Å². The van der Waals surface area contributed by atoms with Crippen molar-refractivity contribution >= 4 is 5.84 Å². The lowest BCUT2D eigenvalue weighted by Gasteiger charge is -2.07. The van der Waals surface area contributed by atoms with Crippen LogP contribution in [-0.2, 0) is 13.1 Å². The fourth-order valence-corrected chi connectivity index (χ4v) is 1.90. The van der Waals surface area contributed by atoms with E-state index >= 15 is 0 Å². The highest BCUT2D eigenvalue weighted by atomic mass is 19.1. The minimum Gasteiger partial charge on any atom is -0.409 e. The molecular weight excluding hydrogens is 273 g/mol. The molecular formula is C14H16FN5O. The molecule has 0 saturated heterocycles.